The van der Waals surface area contributed by atoms with Crippen LogP contribution in [0.2, 0.25) is 0 Å². The predicted molar refractivity (Wildman–Crippen MR) is 128 cm³/mol. The summed E-state index contributed by atoms with van der Waals surface area (Å²) in [6, 6.07) is 6.28. The third-order valence-electron chi connectivity index (χ3n) is 5.97. The van der Waals surface area contributed by atoms with Gasteiger partial charge in [-0.25, -0.2) is 8.78 Å². The summed E-state index contributed by atoms with van der Waals surface area (Å²) >= 11 is 0. The summed E-state index contributed by atoms with van der Waals surface area (Å²) in [5.74, 6) is -2.00. The molecule has 2 aliphatic rings. The van der Waals surface area contributed by atoms with E-state index in [0.717, 1.165) is 90.1 Å². The monoisotopic (exact) mass is 450 g/mol. The maximum atomic E-state index is 12.6. The van der Waals surface area contributed by atoms with Gasteiger partial charge in [-0.1, -0.05) is 42.8 Å². The van der Waals surface area contributed by atoms with Crippen LogP contribution in [0, 0.1) is 12.3 Å². The molecule has 0 spiro atoms. The largest absolute Gasteiger partial charge is 0.379 e. The number of hydrogen-bond donors (Lipinski definition) is 1. The van der Waals surface area contributed by atoms with E-state index in [-0.39, 0.29) is 5.56 Å². The predicted octanol–water partition coefficient (Wildman–Crippen LogP) is 4.38. The molecule has 0 atom stereocenters. The Bertz CT molecular complexity index is 716. The number of benzene rings is 1. The van der Waals surface area contributed by atoms with Crippen molar-refractivity contribution in [1.29, 1.82) is 5.41 Å². The zero-order valence-corrected chi connectivity index (χ0v) is 20.2. The van der Waals surface area contributed by atoms with Crippen molar-refractivity contribution in [2.24, 2.45) is 0 Å². The molecular formula is C25H40F2N4O. The van der Waals surface area contributed by atoms with Gasteiger partial charge in [-0.15, -0.1) is 0 Å². The number of rotatable bonds is 6. The third kappa shape index (κ3) is 8.96. The maximum absolute atomic E-state index is 12.6. The zero-order valence-electron chi connectivity index (χ0n) is 20.2. The number of ether oxygens (including phenoxy) is 1. The molecule has 3 rings (SSSR count). The van der Waals surface area contributed by atoms with E-state index in [1.54, 1.807) is 12.1 Å². The fourth-order valence-corrected chi connectivity index (χ4v) is 3.80. The van der Waals surface area contributed by atoms with Crippen LogP contribution in [0.1, 0.15) is 38.3 Å². The van der Waals surface area contributed by atoms with Crippen LogP contribution in [0.4, 0.5) is 8.78 Å². The Kier molecular flexibility index (Phi) is 10.7. The van der Waals surface area contributed by atoms with Crippen LogP contribution >= 0.6 is 0 Å². The molecule has 0 aromatic heterocycles. The molecule has 2 fully saturated rings. The lowest BCUT2D eigenvalue weighted by molar-refractivity contribution is 0.0174. The van der Waals surface area contributed by atoms with E-state index in [4.69, 9.17) is 10.1 Å². The summed E-state index contributed by atoms with van der Waals surface area (Å²) in [5, 5.41) is 8.24. The molecule has 5 nitrogen and oxygen atoms in total. The highest BCUT2D eigenvalue weighted by Crippen LogP contribution is 2.26. The molecule has 0 amide bonds. The van der Waals surface area contributed by atoms with Gasteiger partial charge in [-0.3, -0.25) is 15.2 Å². The van der Waals surface area contributed by atoms with Gasteiger partial charge in [0.25, 0.3) is 5.92 Å². The molecule has 7 heteroatoms. The van der Waals surface area contributed by atoms with Gasteiger partial charge in [-0.05, 0) is 25.8 Å². The van der Waals surface area contributed by atoms with Crippen molar-refractivity contribution in [1.82, 2.24) is 14.7 Å². The van der Waals surface area contributed by atoms with Gasteiger partial charge in [0.1, 0.15) is 5.84 Å². The highest BCUT2D eigenvalue weighted by Gasteiger charge is 2.23. The molecule has 0 unspecified atom stereocenters. The molecule has 0 bridgehead atoms. The van der Waals surface area contributed by atoms with E-state index < -0.39 is 5.92 Å². The first kappa shape index (κ1) is 26.4. The first-order chi connectivity index (χ1) is 15.2. The standard InChI is InChI=1S/C16H30N4O.C9H10F2/c1-3-4-15(2)16(17)20-9-7-18(8-10-20)5-6-19-11-13-21-14-12-19;1-7-3-5-8(6-4-7)9(2,10)11/h4,17H,3,5-14H2,1-2H3;3-6H,1-2H3/b15-4-,17-16?;. The summed E-state index contributed by atoms with van der Waals surface area (Å²) in [5.41, 5.74) is 2.18. The zero-order chi connectivity index (χ0) is 23.6. The number of alkyl halides is 2. The van der Waals surface area contributed by atoms with Crippen LogP contribution in [0.15, 0.2) is 35.9 Å². The molecular weight excluding hydrogens is 410 g/mol. The Morgan fingerprint density at radius 2 is 1.53 bits per heavy atom. The Hall–Kier alpha value is -1.83. The number of nitrogens with one attached hydrogen (secondary N) is 1. The second-order valence-electron chi connectivity index (χ2n) is 8.68. The van der Waals surface area contributed by atoms with E-state index in [1.165, 1.54) is 12.1 Å². The topological polar surface area (TPSA) is 42.8 Å². The lowest BCUT2D eigenvalue weighted by atomic mass is 10.1. The lowest BCUT2D eigenvalue weighted by Crippen LogP contribution is -2.51. The van der Waals surface area contributed by atoms with Crippen molar-refractivity contribution < 1.29 is 13.5 Å². The number of nitrogens with zero attached hydrogens (tertiary/aromatic N) is 3. The highest BCUT2D eigenvalue weighted by molar-refractivity contribution is 5.95. The molecule has 32 heavy (non-hydrogen) atoms. The Balaban J connectivity index is 0.000000278. The number of amidine groups is 1. The molecule has 180 valence electrons. The van der Waals surface area contributed by atoms with Crippen molar-refractivity contribution in [2.45, 2.75) is 40.0 Å². The minimum absolute atomic E-state index is 0.0723. The molecule has 2 saturated heterocycles. The summed E-state index contributed by atoms with van der Waals surface area (Å²) in [6.45, 7) is 17.3. The second-order valence-corrected chi connectivity index (χ2v) is 8.68. The number of morpholine rings is 1. The van der Waals surface area contributed by atoms with Crippen molar-refractivity contribution in [3.8, 4) is 0 Å². The summed E-state index contributed by atoms with van der Waals surface area (Å²) in [7, 11) is 0. The van der Waals surface area contributed by atoms with Crippen molar-refractivity contribution in [3.63, 3.8) is 0 Å². The minimum atomic E-state index is -2.71. The van der Waals surface area contributed by atoms with Gasteiger partial charge < -0.3 is 9.64 Å². The lowest BCUT2D eigenvalue weighted by Gasteiger charge is -2.37. The second kappa shape index (κ2) is 13.0. The molecule has 0 saturated carbocycles. The highest BCUT2D eigenvalue weighted by atomic mass is 19.3. The van der Waals surface area contributed by atoms with Crippen LogP contribution < -0.4 is 0 Å². The molecule has 2 aliphatic heterocycles. The molecule has 1 N–H and O–H groups in total. The molecule has 0 aliphatic carbocycles. The fourth-order valence-electron chi connectivity index (χ4n) is 3.80. The Labute approximate surface area is 192 Å². The normalized spacial score (nSPS) is 18.8. The van der Waals surface area contributed by atoms with Crippen LogP contribution in [0.5, 0.6) is 0 Å². The summed E-state index contributed by atoms with van der Waals surface area (Å²) in [6.07, 6.45) is 3.15. The molecule has 1 aromatic rings. The van der Waals surface area contributed by atoms with Crippen LogP contribution in [-0.2, 0) is 10.7 Å². The average molecular weight is 451 g/mol. The van der Waals surface area contributed by atoms with E-state index in [9.17, 15) is 8.78 Å². The number of allylic oxidation sites excluding steroid dienone is 1. The smallest absolute Gasteiger partial charge is 0.270 e. The van der Waals surface area contributed by atoms with Gasteiger partial charge in [-0.2, -0.15) is 0 Å². The van der Waals surface area contributed by atoms with Crippen LogP contribution in [-0.4, -0.2) is 86.1 Å². The van der Waals surface area contributed by atoms with Crippen molar-refractivity contribution >= 4 is 5.84 Å². The first-order valence-corrected chi connectivity index (χ1v) is 11.7. The number of halogens is 2. The van der Waals surface area contributed by atoms with Gasteiger partial charge in [0, 0.05) is 64.8 Å². The van der Waals surface area contributed by atoms with E-state index in [1.807, 2.05) is 6.92 Å². The molecule has 2 heterocycles. The van der Waals surface area contributed by atoms with E-state index in [2.05, 4.69) is 34.6 Å². The Morgan fingerprint density at radius 3 is 2.03 bits per heavy atom. The van der Waals surface area contributed by atoms with Crippen molar-refractivity contribution in [2.75, 3.05) is 65.6 Å². The average Bonchev–Trinajstić information content (AvgIpc) is 2.78. The van der Waals surface area contributed by atoms with Gasteiger partial charge >= 0.3 is 0 Å². The molecule has 0 radical (unpaired) electrons. The maximum Gasteiger partial charge on any atom is 0.270 e. The minimum Gasteiger partial charge on any atom is -0.379 e. The Morgan fingerprint density at radius 1 is 1.00 bits per heavy atom. The summed E-state index contributed by atoms with van der Waals surface area (Å²) < 4.78 is 30.6. The third-order valence-corrected chi connectivity index (χ3v) is 5.97. The van der Waals surface area contributed by atoms with Crippen LogP contribution in [0.25, 0.3) is 0 Å². The number of piperazine rings is 1. The van der Waals surface area contributed by atoms with Gasteiger partial charge in [0.15, 0.2) is 0 Å². The SMILES string of the molecule is CC/C=C(/C)C(=N)N1CCN(CCN2CCOCC2)CC1.Cc1ccc(C(C)(F)F)cc1. The van der Waals surface area contributed by atoms with E-state index >= 15 is 0 Å². The van der Waals surface area contributed by atoms with Crippen molar-refractivity contribution in [3.05, 3.63) is 47.0 Å². The first-order valence-electron chi connectivity index (χ1n) is 11.7. The molecule has 1 aromatic carbocycles. The number of hydrogen-bond acceptors (Lipinski definition) is 4. The number of aryl methyl sites for hydroxylation is 1. The van der Waals surface area contributed by atoms with Gasteiger partial charge in [0.05, 0.1) is 13.2 Å². The van der Waals surface area contributed by atoms with E-state index in [0.29, 0.717) is 5.84 Å². The fraction of sp³-hybridized carbons (Fsp3) is 0.640. The van der Waals surface area contributed by atoms with Crippen LogP contribution in [0.3, 0.4) is 0 Å². The quantitative estimate of drug-likeness (QED) is 0.516. The summed E-state index contributed by atoms with van der Waals surface area (Å²) in [4.78, 5) is 7.23. The van der Waals surface area contributed by atoms with Gasteiger partial charge in [0.2, 0.25) is 0 Å².